The minimum atomic E-state index is -3.13. The Labute approximate surface area is 106 Å². The van der Waals surface area contributed by atoms with Crippen LogP contribution in [0.2, 0.25) is 0 Å². The fourth-order valence-electron chi connectivity index (χ4n) is 2.34. The number of nitrogens with zero attached hydrogens (tertiary/aromatic N) is 1. The summed E-state index contributed by atoms with van der Waals surface area (Å²) in [7, 11) is -3.13. The van der Waals surface area contributed by atoms with Crippen LogP contribution in [0.1, 0.15) is 40.5 Å². The highest BCUT2D eigenvalue weighted by Crippen LogP contribution is 2.24. The third kappa shape index (κ3) is 4.23. The second-order valence-electron chi connectivity index (χ2n) is 6.30. The molecule has 0 saturated carbocycles. The van der Waals surface area contributed by atoms with Gasteiger partial charge in [0.25, 0.3) is 0 Å². The molecule has 0 aromatic rings. The van der Waals surface area contributed by atoms with Crippen LogP contribution in [-0.4, -0.2) is 37.6 Å². The van der Waals surface area contributed by atoms with Gasteiger partial charge in [0, 0.05) is 19.1 Å². The second-order valence-corrected chi connectivity index (χ2v) is 8.26. The molecule has 17 heavy (non-hydrogen) atoms. The van der Waals surface area contributed by atoms with Gasteiger partial charge in [0.1, 0.15) is 0 Å². The Morgan fingerprint density at radius 3 is 2.41 bits per heavy atom. The molecule has 0 spiro atoms. The molecule has 2 atom stereocenters. The first-order valence-electron chi connectivity index (χ1n) is 6.39. The normalized spacial score (nSPS) is 28.3. The highest BCUT2D eigenvalue weighted by Gasteiger charge is 2.34. The molecular formula is C12H26N2O2S. The number of piperidine rings is 1. The second kappa shape index (κ2) is 5.24. The minimum Gasteiger partial charge on any atom is -0.327 e. The van der Waals surface area contributed by atoms with Crippen LogP contribution in [0.3, 0.4) is 0 Å². The van der Waals surface area contributed by atoms with Gasteiger partial charge in [-0.1, -0.05) is 34.1 Å². The van der Waals surface area contributed by atoms with Crippen LogP contribution in [-0.2, 0) is 10.0 Å². The van der Waals surface area contributed by atoms with E-state index in [2.05, 4.69) is 6.92 Å². The third-order valence-electron chi connectivity index (χ3n) is 3.29. The Morgan fingerprint density at radius 1 is 1.35 bits per heavy atom. The summed E-state index contributed by atoms with van der Waals surface area (Å²) < 4.78 is 26.1. The van der Waals surface area contributed by atoms with E-state index in [1.807, 2.05) is 20.8 Å². The summed E-state index contributed by atoms with van der Waals surface area (Å²) in [5.41, 5.74) is 5.81. The molecule has 2 unspecified atom stereocenters. The molecular weight excluding hydrogens is 236 g/mol. The third-order valence-corrected chi connectivity index (χ3v) is 5.64. The lowest BCUT2D eigenvalue weighted by Crippen LogP contribution is -2.50. The van der Waals surface area contributed by atoms with Crippen molar-refractivity contribution < 1.29 is 8.42 Å². The van der Waals surface area contributed by atoms with Crippen molar-refractivity contribution in [1.29, 1.82) is 0 Å². The summed E-state index contributed by atoms with van der Waals surface area (Å²) >= 11 is 0. The van der Waals surface area contributed by atoms with Crippen molar-refractivity contribution in [2.24, 2.45) is 17.1 Å². The molecule has 0 aromatic heterocycles. The molecule has 0 bridgehead atoms. The first-order chi connectivity index (χ1) is 7.65. The molecule has 1 fully saturated rings. The maximum Gasteiger partial charge on any atom is 0.214 e. The van der Waals surface area contributed by atoms with Gasteiger partial charge in [-0.25, -0.2) is 12.7 Å². The number of hydrogen-bond donors (Lipinski definition) is 1. The predicted octanol–water partition coefficient (Wildman–Crippen LogP) is 1.42. The topological polar surface area (TPSA) is 63.4 Å². The van der Waals surface area contributed by atoms with E-state index < -0.39 is 10.0 Å². The molecule has 1 heterocycles. The van der Waals surface area contributed by atoms with Crippen molar-refractivity contribution >= 4 is 10.0 Å². The van der Waals surface area contributed by atoms with E-state index in [9.17, 15) is 8.42 Å². The number of sulfonamides is 1. The van der Waals surface area contributed by atoms with Crippen LogP contribution in [0, 0.1) is 11.3 Å². The van der Waals surface area contributed by atoms with E-state index >= 15 is 0 Å². The fourth-order valence-corrected chi connectivity index (χ4v) is 4.42. The zero-order chi connectivity index (χ0) is 13.3. The van der Waals surface area contributed by atoms with E-state index in [4.69, 9.17) is 5.73 Å². The molecule has 1 aliphatic rings. The van der Waals surface area contributed by atoms with E-state index in [0.29, 0.717) is 19.0 Å². The SMILES string of the molecule is CCC1CN(S(=O)(=O)CC(C)(C)C)CCC1N. The highest BCUT2D eigenvalue weighted by molar-refractivity contribution is 7.89. The van der Waals surface area contributed by atoms with Crippen LogP contribution in [0.5, 0.6) is 0 Å². The van der Waals surface area contributed by atoms with Crippen molar-refractivity contribution in [3.8, 4) is 0 Å². The minimum absolute atomic E-state index is 0.154. The van der Waals surface area contributed by atoms with Crippen LogP contribution in [0.25, 0.3) is 0 Å². The molecule has 1 saturated heterocycles. The quantitative estimate of drug-likeness (QED) is 0.836. The van der Waals surface area contributed by atoms with Gasteiger partial charge in [0.05, 0.1) is 5.75 Å². The Balaban J connectivity index is 2.73. The molecule has 1 aliphatic heterocycles. The maximum absolute atomic E-state index is 12.3. The summed E-state index contributed by atoms with van der Waals surface area (Å²) in [6.45, 7) is 9.11. The lowest BCUT2D eigenvalue weighted by atomic mass is 9.92. The average molecular weight is 262 g/mol. The largest absolute Gasteiger partial charge is 0.327 e. The molecule has 0 aliphatic carbocycles. The average Bonchev–Trinajstić information content (AvgIpc) is 2.14. The molecule has 4 nitrogen and oxygen atoms in total. The van der Waals surface area contributed by atoms with Crippen molar-refractivity contribution in [2.45, 2.75) is 46.6 Å². The predicted molar refractivity (Wildman–Crippen MR) is 71.2 cm³/mol. The highest BCUT2D eigenvalue weighted by atomic mass is 32.2. The molecule has 102 valence electrons. The monoisotopic (exact) mass is 262 g/mol. The van der Waals surface area contributed by atoms with E-state index in [1.165, 1.54) is 0 Å². The first-order valence-corrected chi connectivity index (χ1v) is 8.00. The Bertz CT molecular complexity index is 346. The lowest BCUT2D eigenvalue weighted by molar-refractivity contribution is 0.228. The number of rotatable bonds is 3. The Hall–Kier alpha value is -0.130. The van der Waals surface area contributed by atoms with Gasteiger partial charge >= 0.3 is 0 Å². The summed E-state index contributed by atoms with van der Waals surface area (Å²) in [4.78, 5) is 0. The van der Waals surface area contributed by atoms with Gasteiger partial charge in [-0.15, -0.1) is 0 Å². The van der Waals surface area contributed by atoms with Crippen LogP contribution in [0.4, 0.5) is 0 Å². The summed E-state index contributed by atoms with van der Waals surface area (Å²) in [6.07, 6.45) is 1.73. The van der Waals surface area contributed by atoms with Crippen molar-refractivity contribution in [1.82, 2.24) is 4.31 Å². The zero-order valence-electron chi connectivity index (χ0n) is 11.4. The van der Waals surface area contributed by atoms with Crippen LogP contribution < -0.4 is 5.73 Å². The van der Waals surface area contributed by atoms with E-state index in [-0.39, 0.29) is 17.2 Å². The van der Waals surface area contributed by atoms with Gasteiger partial charge in [-0.05, 0) is 17.8 Å². The molecule has 2 N–H and O–H groups in total. The van der Waals surface area contributed by atoms with Gasteiger partial charge < -0.3 is 5.73 Å². The van der Waals surface area contributed by atoms with Crippen molar-refractivity contribution in [3.05, 3.63) is 0 Å². The summed E-state index contributed by atoms with van der Waals surface area (Å²) in [6, 6.07) is 0.154. The molecule has 0 aromatic carbocycles. The van der Waals surface area contributed by atoms with Crippen molar-refractivity contribution in [3.63, 3.8) is 0 Å². The molecule has 1 rings (SSSR count). The molecule has 0 radical (unpaired) electrons. The zero-order valence-corrected chi connectivity index (χ0v) is 12.3. The van der Waals surface area contributed by atoms with Crippen LogP contribution in [0.15, 0.2) is 0 Å². The van der Waals surface area contributed by atoms with Crippen molar-refractivity contribution in [2.75, 3.05) is 18.8 Å². The first kappa shape index (κ1) is 14.9. The standard InChI is InChI=1S/C12H26N2O2S/c1-5-10-8-14(7-6-11(10)13)17(15,16)9-12(2,3)4/h10-11H,5-9,13H2,1-4H3. The number of nitrogens with two attached hydrogens (primary N) is 1. The summed E-state index contributed by atoms with van der Waals surface area (Å²) in [5.74, 6) is 0.518. The smallest absolute Gasteiger partial charge is 0.214 e. The summed E-state index contributed by atoms with van der Waals surface area (Å²) in [5, 5.41) is 0. The van der Waals surface area contributed by atoms with E-state index in [1.54, 1.807) is 4.31 Å². The van der Waals surface area contributed by atoms with Gasteiger partial charge in [-0.3, -0.25) is 0 Å². The Morgan fingerprint density at radius 2 is 1.94 bits per heavy atom. The maximum atomic E-state index is 12.3. The number of hydrogen-bond acceptors (Lipinski definition) is 3. The van der Waals surface area contributed by atoms with Gasteiger partial charge in [-0.2, -0.15) is 0 Å². The molecule has 0 amide bonds. The Kier molecular flexibility index (Phi) is 4.60. The van der Waals surface area contributed by atoms with Crippen LogP contribution >= 0.6 is 0 Å². The van der Waals surface area contributed by atoms with Gasteiger partial charge in [0.15, 0.2) is 0 Å². The fraction of sp³-hybridized carbons (Fsp3) is 1.00. The van der Waals surface area contributed by atoms with E-state index in [0.717, 1.165) is 12.8 Å². The van der Waals surface area contributed by atoms with Gasteiger partial charge in [0.2, 0.25) is 10.0 Å². The molecule has 5 heteroatoms. The lowest BCUT2D eigenvalue weighted by Gasteiger charge is -2.36.